The molecule has 0 bridgehead atoms. The molecule has 1 amide bonds. The standard InChI is InChI=1S/C26H31ClFN3O5/c27-18-3-5-19(6-4-18)31-10-7-26(34,16-31)25(33)29-21(15-30-8-1-2-9-30)23(32)17-13-20(28)24-22(14-17)35-11-12-36-24/h3-6,13-14,21,23,32,34H,1-2,7-12,15-16H2,(H,29,33)/t21-,23-,26+/m1/s1. The molecule has 2 fully saturated rings. The number of aliphatic hydroxyl groups excluding tert-OH is 1. The second kappa shape index (κ2) is 10.4. The van der Waals surface area contributed by atoms with Crippen molar-refractivity contribution in [2.45, 2.75) is 37.0 Å². The second-order valence-electron chi connectivity index (χ2n) is 9.74. The van der Waals surface area contributed by atoms with Crippen molar-refractivity contribution in [2.24, 2.45) is 0 Å². The molecule has 3 aliphatic rings. The average molecular weight is 520 g/mol. The number of ether oxygens (including phenoxy) is 2. The van der Waals surface area contributed by atoms with Gasteiger partial charge in [0.1, 0.15) is 19.3 Å². The number of hydrogen-bond acceptors (Lipinski definition) is 7. The molecule has 10 heteroatoms. The molecule has 0 saturated carbocycles. The first-order valence-electron chi connectivity index (χ1n) is 12.4. The van der Waals surface area contributed by atoms with Crippen LogP contribution in [0, 0.1) is 5.82 Å². The molecule has 8 nitrogen and oxygen atoms in total. The van der Waals surface area contributed by atoms with Crippen LogP contribution >= 0.6 is 11.6 Å². The number of nitrogens with zero attached hydrogens (tertiary/aromatic N) is 2. The fourth-order valence-corrected chi connectivity index (χ4v) is 5.28. The van der Waals surface area contributed by atoms with Crippen molar-refractivity contribution in [3.05, 3.63) is 52.8 Å². The van der Waals surface area contributed by atoms with Crippen molar-refractivity contribution in [1.82, 2.24) is 10.2 Å². The molecule has 0 spiro atoms. The number of carbonyl (C=O) groups excluding carboxylic acids is 1. The predicted octanol–water partition coefficient (Wildman–Crippen LogP) is 2.51. The van der Waals surface area contributed by atoms with E-state index in [2.05, 4.69) is 10.2 Å². The van der Waals surface area contributed by atoms with Gasteiger partial charge in [-0.05, 0) is 67.9 Å². The number of aliphatic hydroxyl groups is 2. The van der Waals surface area contributed by atoms with Gasteiger partial charge in [0.05, 0.1) is 12.6 Å². The molecule has 194 valence electrons. The summed E-state index contributed by atoms with van der Waals surface area (Å²) in [4.78, 5) is 17.4. The lowest BCUT2D eigenvalue weighted by atomic mass is 9.97. The van der Waals surface area contributed by atoms with Gasteiger partial charge in [-0.3, -0.25) is 4.79 Å². The Balaban J connectivity index is 1.34. The lowest BCUT2D eigenvalue weighted by Gasteiger charge is -2.32. The zero-order valence-electron chi connectivity index (χ0n) is 20.0. The summed E-state index contributed by atoms with van der Waals surface area (Å²) < 4.78 is 25.6. The number of nitrogens with one attached hydrogen (secondary N) is 1. The minimum absolute atomic E-state index is 0.0277. The van der Waals surface area contributed by atoms with Crippen LogP contribution < -0.4 is 19.7 Å². The van der Waals surface area contributed by atoms with Gasteiger partial charge in [-0.15, -0.1) is 0 Å². The Labute approximate surface area is 214 Å². The van der Waals surface area contributed by atoms with E-state index in [-0.39, 0.29) is 43.2 Å². The molecule has 5 rings (SSSR count). The molecular formula is C26H31ClFN3O5. The number of amides is 1. The van der Waals surface area contributed by atoms with Gasteiger partial charge < -0.3 is 34.8 Å². The molecular weight excluding hydrogens is 489 g/mol. The largest absolute Gasteiger partial charge is 0.486 e. The molecule has 0 unspecified atom stereocenters. The van der Waals surface area contributed by atoms with E-state index in [1.54, 1.807) is 18.2 Å². The molecule has 3 heterocycles. The average Bonchev–Trinajstić information content (AvgIpc) is 3.54. The van der Waals surface area contributed by atoms with Gasteiger partial charge in [-0.1, -0.05) is 11.6 Å². The van der Waals surface area contributed by atoms with Gasteiger partial charge in [0.2, 0.25) is 0 Å². The molecule has 2 aromatic rings. The Bertz CT molecular complexity index is 1100. The van der Waals surface area contributed by atoms with Crippen LogP contribution in [0.1, 0.15) is 30.9 Å². The minimum atomic E-state index is -1.62. The lowest BCUT2D eigenvalue weighted by molar-refractivity contribution is -0.139. The first kappa shape index (κ1) is 25.1. The first-order valence-corrected chi connectivity index (χ1v) is 12.7. The molecule has 36 heavy (non-hydrogen) atoms. The second-order valence-corrected chi connectivity index (χ2v) is 10.2. The SMILES string of the molecule is O=C(N[C@H](CN1CCCC1)[C@H](O)c1cc(F)c2c(c1)OCCO2)[C@]1(O)CCN(c2ccc(Cl)cc2)C1. The van der Waals surface area contributed by atoms with Crippen LogP contribution in [0.3, 0.4) is 0 Å². The summed E-state index contributed by atoms with van der Waals surface area (Å²) in [5, 5.41) is 26.0. The van der Waals surface area contributed by atoms with Gasteiger partial charge in [0.15, 0.2) is 22.9 Å². The number of anilines is 1. The number of benzene rings is 2. The maximum atomic E-state index is 14.7. The maximum Gasteiger partial charge on any atom is 0.254 e. The molecule has 3 atom stereocenters. The van der Waals surface area contributed by atoms with E-state index in [0.717, 1.165) is 31.6 Å². The summed E-state index contributed by atoms with van der Waals surface area (Å²) in [6, 6.07) is 9.24. The van der Waals surface area contributed by atoms with Crippen LogP contribution in [0.5, 0.6) is 11.5 Å². The Morgan fingerprint density at radius 3 is 2.61 bits per heavy atom. The van der Waals surface area contributed by atoms with E-state index in [0.29, 0.717) is 18.1 Å². The van der Waals surface area contributed by atoms with Crippen LogP contribution in [-0.2, 0) is 4.79 Å². The van der Waals surface area contributed by atoms with Crippen molar-refractivity contribution in [1.29, 1.82) is 0 Å². The molecule has 0 aromatic heterocycles. The summed E-state index contributed by atoms with van der Waals surface area (Å²) in [7, 11) is 0. The van der Waals surface area contributed by atoms with Crippen LogP contribution in [0.25, 0.3) is 0 Å². The predicted molar refractivity (Wildman–Crippen MR) is 133 cm³/mol. The Morgan fingerprint density at radius 1 is 1.14 bits per heavy atom. The van der Waals surface area contributed by atoms with Gasteiger partial charge in [-0.2, -0.15) is 0 Å². The van der Waals surface area contributed by atoms with Gasteiger partial charge in [0.25, 0.3) is 5.91 Å². The number of hydrogen-bond donors (Lipinski definition) is 3. The molecule has 3 aliphatic heterocycles. The highest BCUT2D eigenvalue weighted by atomic mass is 35.5. The van der Waals surface area contributed by atoms with Crippen molar-refractivity contribution in [3.8, 4) is 11.5 Å². The van der Waals surface area contributed by atoms with Gasteiger partial charge >= 0.3 is 0 Å². The normalized spacial score (nSPS) is 23.5. The van der Waals surface area contributed by atoms with Crippen LogP contribution in [0.15, 0.2) is 36.4 Å². The zero-order valence-corrected chi connectivity index (χ0v) is 20.7. The summed E-state index contributed by atoms with van der Waals surface area (Å²) in [6.07, 6.45) is 1.11. The fourth-order valence-electron chi connectivity index (χ4n) is 5.16. The Morgan fingerprint density at radius 2 is 1.86 bits per heavy atom. The van der Waals surface area contributed by atoms with Crippen LogP contribution in [0.2, 0.25) is 5.02 Å². The third-order valence-electron chi connectivity index (χ3n) is 7.17. The van der Waals surface area contributed by atoms with Crippen molar-refractivity contribution >= 4 is 23.2 Å². The molecule has 0 radical (unpaired) electrons. The summed E-state index contributed by atoms with van der Waals surface area (Å²) in [5.41, 5.74) is -0.480. The molecule has 0 aliphatic carbocycles. The number of rotatable bonds is 7. The number of β-amino-alcohol motifs (C(OH)–C–C–N with tert-alkyl or cyclic N) is 1. The number of carbonyl (C=O) groups is 1. The van der Waals surface area contributed by atoms with E-state index in [1.165, 1.54) is 6.07 Å². The number of likely N-dealkylation sites (tertiary alicyclic amines) is 1. The van der Waals surface area contributed by atoms with E-state index < -0.39 is 29.5 Å². The minimum Gasteiger partial charge on any atom is -0.486 e. The fraction of sp³-hybridized carbons (Fsp3) is 0.500. The van der Waals surface area contributed by atoms with Gasteiger partial charge in [-0.25, -0.2) is 4.39 Å². The highest BCUT2D eigenvalue weighted by Crippen LogP contribution is 2.37. The Kier molecular flexibility index (Phi) is 7.25. The summed E-state index contributed by atoms with van der Waals surface area (Å²) in [6.45, 7) is 3.23. The number of fused-ring (bicyclic) bond motifs is 1. The maximum absolute atomic E-state index is 14.7. The molecule has 3 N–H and O–H groups in total. The van der Waals surface area contributed by atoms with E-state index >= 15 is 0 Å². The zero-order chi connectivity index (χ0) is 25.3. The highest BCUT2D eigenvalue weighted by Gasteiger charge is 2.44. The quantitative estimate of drug-likeness (QED) is 0.517. The van der Waals surface area contributed by atoms with E-state index in [9.17, 15) is 19.4 Å². The molecule has 2 aromatic carbocycles. The first-order chi connectivity index (χ1) is 17.3. The monoisotopic (exact) mass is 519 g/mol. The smallest absolute Gasteiger partial charge is 0.254 e. The Hall–Kier alpha value is -2.59. The topological polar surface area (TPSA) is 94.5 Å². The number of halogens is 2. The molecule has 2 saturated heterocycles. The van der Waals surface area contributed by atoms with Crippen molar-refractivity contribution < 1.29 is 28.9 Å². The van der Waals surface area contributed by atoms with Crippen LogP contribution in [-0.4, -0.2) is 78.6 Å². The van der Waals surface area contributed by atoms with Crippen molar-refractivity contribution in [2.75, 3.05) is 50.8 Å². The van der Waals surface area contributed by atoms with Crippen molar-refractivity contribution in [3.63, 3.8) is 0 Å². The third kappa shape index (κ3) is 5.25. The summed E-state index contributed by atoms with van der Waals surface area (Å²) in [5.74, 6) is -0.921. The highest BCUT2D eigenvalue weighted by molar-refractivity contribution is 6.30. The van der Waals surface area contributed by atoms with E-state index in [1.807, 2.05) is 17.0 Å². The summed E-state index contributed by atoms with van der Waals surface area (Å²) >= 11 is 5.98. The third-order valence-corrected chi connectivity index (χ3v) is 7.43. The lowest BCUT2D eigenvalue weighted by Crippen LogP contribution is -2.55. The van der Waals surface area contributed by atoms with Crippen LogP contribution in [0.4, 0.5) is 10.1 Å². The van der Waals surface area contributed by atoms with Gasteiger partial charge in [0, 0.05) is 30.2 Å². The van der Waals surface area contributed by atoms with E-state index in [4.69, 9.17) is 21.1 Å².